The van der Waals surface area contributed by atoms with Gasteiger partial charge in [0.25, 0.3) is 5.89 Å². The van der Waals surface area contributed by atoms with E-state index in [1.807, 2.05) is 19.1 Å². The first-order valence-electron chi connectivity index (χ1n) is 9.06. The van der Waals surface area contributed by atoms with Crippen LogP contribution in [0.5, 0.6) is 5.75 Å². The number of ether oxygens (including phenoxy) is 2. The Morgan fingerprint density at radius 2 is 1.83 bits per heavy atom. The first kappa shape index (κ1) is 21.3. The Bertz CT molecular complexity index is 1140. The fourth-order valence-electron chi connectivity index (χ4n) is 2.66. The molecule has 0 radical (unpaired) electrons. The topological polar surface area (TPSA) is 112 Å². The predicted molar refractivity (Wildman–Crippen MR) is 110 cm³/mol. The van der Waals surface area contributed by atoms with Gasteiger partial charge < -0.3 is 14.0 Å². The molecule has 3 rings (SSSR count). The lowest BCUT2D eigenvalue weighted by molar-refractivity contribution is 0.0431. The van der Waals surface area contributed by atoms with Crippen LogP contribution in [0.15, 0.2) is 53.1 Å². The van der Waals surface area contributed by atoms with Crippen molar-refractivity contribution < 1.29 is 27.2 Å². The summed E-state index contributed by atoms with van der Waals surface area (Å²) in [5.41, 5.74) is 0.967. The van der Waals surface area contributed by atoms with Gasteiger partial charge in [0.05, 0.1) is 29.7 Å². The second-order valence-electron chi connectivity index (χ2n) is 6.26. The molecule has 0 fully saturated rings. The van der Waals surface area contributed by atoms with Crippen molar-refractivity contribution in [3.8, 4) is 17.1 Å². The van der Waals surface area contributed by atoms with Gasteiger partial charge in [-0.25, -0.2) is 13.2 Å². The van der Waals surface area contributed by atoms with Gasteiger partial charge in [-0.2, -0.15) is 4.98 Å². The minimum absolute atomic E-state index is 0.0959. The summed E-state index contributed by atoms with van der Waals surface area (Å²) in [5, 5.41) is 3.91. The van der Waals surface area contributed by atoms with Crippen molar-refractivity contribution in [2.75, 3.05) is 24.2 Å². The van der Waals surface area contributed by atoms with Crippen LogP contribution in [0, 0.1) is 0 Å². The minimum atomic E-state index is -3.54. The molecule has 9 nitrogen and oxygen atoms in total. The van der Waals surface area contributed by atoms with Crippen LogP contribution in [0.1, 0.15) is 23.2 Å². The van der Waals surface area contributed by atoms with Gasteiger partial charge in [0, 0.05) is 7.05 Å². The number of carbonyl (C=O) groups is 1. The van der Waals surface area contributed by atoms with Crippen LogP contribution in [0.4, 0.5) is 5.69 Å². The largest absolute Gasteiger partial charge is 0.493 e. The van der Waals surface area contributed by atoms with Gasteiger partial charge >= 0.3 is 5.97 Å². The monoisotopic (exact) mass is 431 g/mol. The zero-order valence-corrected chi connectivity index (χ0v) is 17.5. The second-order valence-corrected chi connectivity index (χ2v) is 8.28. The number of carbonyl (C=O) groups excluding carboxylic acids is 1. The molecule has 2 aromatic carbocycles. The van der Waals surface area contributed by atoms with Gasteiger partial charge in [-0.3, -0.25) is 4.31 Å². The Morgan fingerprint density at radius 1 is 1.13 bits per heavy atom. The molecule has 0 spiro atoms. The summed E-state index contributed by atoms with van der Waals surface area (Å²) in [6.45, 7) is 2.09. The van der Waals surface area contributed by atoms with Crippen molar-refractivity contribution in [2.45, 2.75) is 13.5 Å². The Hall–Kier alpha value is -3.40. The summed E-state index contributed by atoms with van der Waals surface area (Å²) in [4.78, 5) is 16.8. The molecule has 0 atom stereocenters. The third kappa shape index (κ3) is 4.77. The SMILES string of the molecule is CCOc1ccccc1-c1noc(COC(=O)c2ccccc2N(C)S(C)(=O)=O)n1. The van der Waals surface area contributed by atoms with E-state index in [-0.39, 0.29) is 23.7 Å². The normalized spacial score (nSPS) is 11.2. The quantitative estimate of drug-likeness (QED) is 0.501. The molecule has 10 heteroatoms. The zero-order chi connectivity index (χ0) is 21.7. The van der Waals surface area contributed by atoms with Crippen molar-refractivity contribution in [3.05, 3.63) is 60.0 Å². The first-order chi connectivity index (χ1) is 14.3. The average Bonchev–Trinajstić information content (AvgIpc) is 3.20. The third-order valence-corrected chi connectivity index (χ3v) is 5.37. The van der Waals surface area contributed by atoms with Crippen LogP contribution < -0.4 is 9.04 Å². The molecule has 0 aliphatic carbocycles. The number of sulfonamides is 1. The number of benzene rings is 2. The van der Waals surface area contributed by atoms with Gasteiger partial charge in [0.2, 0.25) is 15.8 Å². The highest BCUT2D eigenvalue weighted by Crippen LogP contribution is 2.28. The summed E-state index contributed by atoms with van der Waals surface area (Å²) in [7, 11) is -2.18. The lowest BCUT2D eigenvalue weighted by Gasteiger charge is -2.19. The van der Waals surface area contributed by atoms with Crippen LogP contribution >= 0.6 is 0 Å². The van der Waals surface area contributed by atoms with Gasteiger partial charge in [0.15, 0.2) is 6.61 Å². The molecule has 0 unspecified atom stereocenters. The lowest BCUT2D eigenvalue weighted by atomic mass is 10.2. The first-order valence-corrected chi connectivity index (χ1v) is 10.9. The van der Waals surface area contributed by atoms with E-state index < -0.39 is 16.0 Å². The molecule has 0 amide bonds. The van der Waals surface area contributed by atoms with Crippen molar-refractivity contribution in [2.24, 2.45) is 0 Å². The second kappa shape index (κ2) is 8.95. The molecular weight excluding hydrogens is 410 g/mol. The standard InChI is InChI=1S/C20H21N3O6S/c1-4-27-17-12-8-6-10-15(17)19-21-18(29-22-19)13-28-20(24)14-9-5-7-11-16(14)23(2)30(3,25)26/h5-12H,4,13H2,1-3H3. The molecule has 1 aromatic heterocycles. The fraction of sp³-hybridized carbons (Fsp3) is 0.250. The maximum atomic E-state index is 12.5. The Labute approximate surface area is 174 Å². The van der Waals surface area contributed by atoms with Crippen molar-refractivity contribution >= 4 is 21.7 Å². The molecule has 0 N–H and O–H groups in total. The van der Waals surface area contributed by atoms with Crippen molar-refractivity contribution in [1.82, 2.24) is 10.1 Å². The Morgan fingerprint density at radius 3 is 2.57 bits per heavy atom. The molecule has 158 valence electrons. The molecule has 30 heavy (non-hydrogen) atoms. The average molecular weight is 431 g/mol. The lowest BCUT2D eigenvalue weighted by Crippen LogP contribution is -2.26. The summed E-state index contributed by atoms with van der Waals surface area (Å²) < 4.78 is 40.7. The highest BCUT2D eigenvalue weighted by molar-refractivity contribution is 7.92. The number of nitrogens with zero attached hydrogens (tertiary/aromatic N) is 3. The third-order valence-electron chi connectivity index (χ3n) is 4.18. The number of esters is 1. The van der Waals surface area contributed by atoms with Crippen LogP contribution in [0.25, 0.3) is 11.4 Å². The molecule has 0 aliphatic rings. The summed E-state index contributed by atoms with van der Waals surface area (Å²) in [5.74, 6) is 0.304. The number of aromatic nitrogens is 2. The van der Waals surface area contributed by atoms with Crippen molar-refractivity contribution in [3.63, 3.8) is 0 Å². The molecule has 0 saturated carbocycles. The number of hydrogen-bond acceptors (Lipinski definition) is 8. The van der Waals surface area contributed by atoms with E-state index in [0.717, 1.165) is 10.6 Å². The van der Waals surface area contributed by atoms with Gasteiger partial charge in [-0.05, 0) is 31.2 Å². The highest BCUT2D eigenvalue weighted by Gasteiger charge is 2.21. The van der Waals surface area contributed by atoms with E-state index in [0.29, 0.717) is 23.7 Å². The van der Waals surface area contributed by atoms with E-state index in [1.54, 1.807) is 24.3 Å². The minimum Gasteiger partial charge on any atom is -0.493 e. The Kier molecular flexibility index (Phi) is 6.36. The summed E-state index contributed by atoms with van der Waals surface area (Å²) >= 11 is 0. The number of hydrogen-bond donors (Lipinski definition) is 0. The van der Waals surface area contributed by atoms with Gasteiger partial charge in [-0.1, -0.05) is 29.4 Å². The summed E-state index contributed by atoms with van der Waals surface area (Å²) in [6.07, 6.45) is 1.05. The van der Waals surface area contributed by atoms with Crippen LogP contribution in [-0.4, -0.2) is 44.4 Å². The molecule has 0 saturated heterocycles. The zero-order valence-electron chi connectivity index (χ0n) is 16.7. The van der Waals surface area contributed by atoms with E-state index in [9.17, 15) is 13.2 Å². The molecule has 3 aromatic rings. The van der Waals surface area contributed by atoms with E-state index >= 15 is 0 Å². The predicted octanol–water partition coefficient (Wildman–Crippen LogP) is 2.89. The maximum Gasteiger partial charge on any atom is 0.340 e. The van der Waals surface area contributed by atoms with Crippen LogP contribution in [0.3, 0.4) is 0 Å². The maximum absolute atomic E-state index is 12.5. The smallest absolute Gasteiger partial charge is 0.340 e. The number of anilines is 1. The van der Waals surface area contributed by atoms with E-state index in [2.05, 4.69) is 10.1 Å². The number of rotatable bonds is 8. The van der Waals surface area contributed by atoms with E-state index in [1.165, 1.54) is 19.2 Å². The van der Waals surface area contributed by atoms with Crippen LogP contribution in [0.2, 0.25) is 0 Å². The van der Waals surface area contributed by atoms with E-state index in [4.69, 9.17) is 14.0 Å². The molecule has 1 heterocycles. The fourth-order valence-corrected chi connectivity index (χ4v) is 3.18. The highest BCUT2D eigenvalue weighted by atomic mass is 32.2. The number of para-hydroxylation sites is 2. The van der Waals surface area contributed by atoms with Gasteiger partial charge in [0.1, 0.15) is 5.75 Å². The summed E-state index contributed by atoms with van der Waals surface area (Å²) in [6, 6.07) is 13.5. The Balaban J connectivity index is 1.75. The molecule has 0 aliphatic heterocycles. The van der Waals surface area contributed by atoms with Gasteiger partial charge in [-0.15, -0.1) is 0 Å². The molecule has 0 bridgehead atoms. The van der Waals surface area contributed by atoms with Crippen LogP contribution in [-0.2, 0) is 21.4 Å². The molecular formula is C20H21N3O6S. The van der Waals surface area contributed by atoms with Crippen molar-refractivity contribution in [1.29, 1.82) is 0 Å².